The van der Waals surface area contributed by atoms with Crippen molar-refractivity contribution >= 4 is 28.7 Å². The number of nitrogens with zero attached hydrogens (tertiary/aromatic N) is 4. The maximum Gasteiger partial charge on any atom is 0.145 e. The molecule has 2 aromatic heterocycles. The van der Waals surface area contributed by atoms with Crippen LogP contribution in [0.5, 0.6) is 0 Å². The van der Waals surface area contributed by atoms with Gasteiger partial charge in [0.05, 0.1) is 18.6 Å². The third-order valence-electron chi connectivity index (χ3n) is 7.32. The minimum atomic E-state index is 0.363. The van der Waals surface area contributed by atoms with Gasteiger partial charge in [0.1, 0.15) is 24.1 Å². The first-order valence-corrected chi connectivity index (χ1v) is 10.8. The second kappa shape index (κ2) is 7.54. The Morgan fingerprint density at radius 1 is 1.23 bits per heavy atom. The summed E-state index contributed by atoms with van der Waals surface area (Å²) in [5.74, 6) is 0.925. The highest BCUT2D eigenvalue weighted by atomic mass is 16.5. The lowest BCUT2D eigenvalue weighted by atomic mass is 9.68. The molecule has 0 unspecified atom stereocenters. The van der Waals surface area contributed by atoms with Gasteiger partial charge >= 0.3 is 0 Å². The molecule has 0 atom stereocenters. The zero-order valence-electron chi connectivity index (χ0n) is 17.5. The molecule has 2 saturated heterocycles. The Morgan fingerprint density at radius 2 is 2.03 bits per heavy atom. The minimum Gasteiger partial charge on any atom is -0.383 e. The maximum absolute atomic E-state index is 10.6. The molecular formula is C23H29N5O2. The number of hydrogen-bond donors (Lipinski definition) is 1. The number of ether oxygens (including phenoxy) is 1. The Morgan fingerprint density at radius 3 is 2.67 bits per heavy atom. The third-order valence-corrected chi connectivity index (χ3v) is 7.32. The molecule has 2 N–H and O–H groups in total. The van der Waals surface area contributed by atoms with Gasteiger partial charge in [-0.2, -0.15) is 0 Å². The van der Waals surface area contributed by atoms with Crippen molar-refractivity contribution in [1.29, 1.82) is 0 Å². The van der Waals surface area contributed by atoms with Crippen LogP contribution in [0.3, 0.4) is 0 Å². The molecule has 2 aromatic rings. The van der Waals surface area contributed by atoms with Crippen LogP contribution in [-0.2, 0) is 16.6 Å². The maximum atomic E-state index is 10.6. The van der Waals surface area contributed by atoms with Gasteiger partial charge in [0.2, 0.25) is 0 Å². The highest BCUT2D eigenvalue weighted by Gasteiger charge is 2.37. The predicted molar refractivity (Wildman–Crippen MR) is 117 cm³/mol. The van der Waals surface area contributed by atoms with E-state index in [9.17, 15) is 4.79 Å². The highest BCUT2D eigenvalue weighted by Crippen LogP contribution is 2.48. The number of piperidine rings is 1. The summed E-state index contributed by atoms with van der Waals surface area (Å²) in [6.07, 6.45) is 14.1. The van der Waals surface area contributed by atoms with Gasteiger partial charge in [-0.15, -0.1) is 0 Å². The second-order valence-corrected chi connectivity index (χ2v) is 8.96. The van der Waals surface area contributed by atoms with Crippen LogP contribution in [0.4, 0.5) is 5.82 Å². The van der Waals surface area contributed by atoms with Gasteiger partial charge in [-0.3, -0.25) is 4.79 Å². The van der Waals surface area contributed by atoms with Crippen molar-refractivity contribution in [3.05, 3.63) is 35.9 Å². The number of aldehydes is 1. The molecule has 7 heteroatoms. The number of aryl methyl sites for hydroxylation is 1. The van der Waals surface area contributed by atoms with E-state index in [0.29, 0.717) is 17.2 Å². The molecule has 4 heterocycles. The highest BCUT2D eigenvalue weighted by molar-refractivity contribution is 5.95. The number of carbonyl (C=O) groups is 1. The molecule has 0 amide bonds. The van der Waals surface area contributed by atoms with E-state index in [1.807, 2.05) is 6.20 Å². The van der Waals surface area contributed by atoms with Crippen molar-refractivity contribution in [2.75, 3.05) is 32.0 Å². The normalized spacial score (nSPS) is 21.9. The molecule has 30 heavy (non-hydrogen) atoms. The van der Waals surface area contributed by atoms with Crippen LogP contribution in [0.2, 0.25) is 0 Å². The van der Waals surface area contributed by atoms with Gasteiger partial charge in [-0.1, -0.05) is 6.08 Å². The zero-order valence-corrected chi connectivity index (χ0v) is 17.5. The summed E-state index contributed by atoms with van der Waals surface area (Å²) in [6, 6.07) is 0. The lowest BCUT2D eigenvalue weighted by Gasteiger charge is -2.43. The quantitative estimate of drug-likeness (QED) is 0.619. The summed E-state index contributed by atoms with van der Waals surface area (Å²) < 4.78 is 7.72. The van der Waals surface area contributed by atoms with Gasteiger partial charge < -0.3 is 19.9 Å². The van der Waals surface area contributed by atoms with Crippen LogP contribution in [0.25, 0.3) is 16.6 Å². The predicted octanol–water partition coefficient (Wildman–Crippen LogP) is 3.03. The first-order chi connectivity index (χ1) is 14.6. The standard InChI is InChI=1S/C23H29N5O2/c1-27-20(18(17-13-30-14-17)19-21(24)25-15-26-22(19)27)16-3-5-23(6-4-16)7-10-28(11-8-23)9-2-12-29/h2-3,9,12,15,17H,4-8,10-11,13-14H2,1H3,(H2,24,25,26). The van der Waals surface area contributed by atoms with E-state index in [2.05, 4.69) is 32.6 Å². The van der Waals surface area contributed by atoms with Crippen molar-refractivity contribution in [3.63, 3.8) is 0 Å². The number of fused-ring (bicyclic) bond motifs is 1. The number of allylic oxidation sites excluding steroid dienone is 3. The van der Waals surface area contributed by atoms with Gasteiger partial charge in [0.15, 0.2) is 0 Å². The molecule has 0 aromatic carbocycles. The molecule has 0 saturated carbocycles. The third kappa shape index (κ3) is 3.12. The van der Waals surface area contributed by atoms with E-state index in [0.717, 1.165) is 56.5 Å². The summed E-state index contributed by atoms with van der Waals surface area (Å²) >= 11 is 0. The largest absolute Gasteiger partial charge is 0.383 e. The average molecular weight is 408 g/mol. The molecule has 0 bridgehead atoms. The van der Waals surface area contributed by atoms with Crippen LogP contribution < -0.4 is 5.73 Å². The Bertz CT molecular complexity index is 1030. The molecule has 7 nitrogen and oxygen atoms in total. The summed E-state index contributed by atoms with van der Waals surface area (Å²) in [4.78, 5) is 21.7. The fourth-order valence-corrected chi connectivity index (χ4v) is 5.41. The summed E-state index contributed by atoms with van der Waals surface area (Å²) in [7, 11) is 2.09. The minimum absolute atomic E-state index is 0.363. The van der Waals surface area contributed by atoms with E-state index in [1.165, 1.54) is 36.1 Å². The van der Waals surface area contributed by atoms with Crippen molar-refractivity contribution < 1.29 is 9.53 Å². The molecule has 1 aliphatic carbocycles. The number of nitrogen functional groups attached to an aromatic ring is 1. The Balaban J connectivity index is 1.45. The smallest absolute Gasteiger partial charge is 0.145 e. The Hall–Kier alpha value is -2.67. The fourth-order valence-electron chi connectivity index (χ4n) is 5.41. The molecule has 5 rings (SSSR count). The van der Waals surface area contributed by atoms with Crippen molar-refractivity contribution in [3.8, 4) is 0 Å². The molecule has 158 valence electrons. The van der Waals surface area contributed by atoms with Gasteiger partial charge in [-0.25, -0.2) is 9.97 Å². The number of anilines is 1. The summed E-state index contributed by atoms with van der Waals surface area (Å²) in [5, 5.41) is 1.000. The number of likely N-dealkylation sites (tertiary alicyclic amines) is 1. The molecule has 0 radical (unpaired) electrons. The topological polar surface area (TPSA) is 86.3 Å². The molecule has 3 aliphatic rings. The second-order valence-electron chi connectivity index (χ2n) is 8.96. The van der Waals surface area contributed by atoms with E-state index < -0.39 is 0 Å². The summed E-state index contributed by atoms with van der Waals surface area (Å²) in [6.45, 7) is 3.53. The number of rotatable bonds is 4. The monoisotopic (exact) mass is 407 g/mol. The van der Waals surface area contributed by atoms with E-state index in [4.69, 9.17) is 10.5 Å². The average Bonchev–Trinajstić information content (AvgIpc) is 3.01. The number of nitrogens with two attached hydrogens (primary N) is 1. The van der Waals surface area contributed by atoms with Gasteiger partial charge in [0, 0.05) is 37.9 Å². The lowest BCUT2D eigenvalue weighted by molar-refractivity contribution is -0.104. The lowest BCUT2D eigenvalue weighted by Crippen LogP contribution is -2.38. The van der Waals surface area contributed by atoms with Crippen molar-refractivity contribution in [2.45, 2.75) is 38.0 Å². The van der Waals surface area contributed by atoms with Gasteiger partial charge in [0.25, 0.3) is 0 Å². The molecule has 1 spiro atoms. The van der Waals surface area contributed by atoms with Crippen LogP contribution in [0.1, 0.15) is 49.3 Å². The first kappa shape index (κ1) is 19.3. The van der Waals surface area contributed by atoms with Crippen LogP contribution >= 0.6 is 0 Å². The first-order valence-electron chi connectivity index (χ1n) is 10.8. The summed E-state index contributed by atoms with van der Waals surface area (Å²) in [5.41, 5.74) is 11.5. The van der Waals surface area contributed by atoms with Crippen LogP contribution in [0.15, 0.2) is 24.7 Å². The SMILES string of the molecule is Cn1c(C2=CCC3(CC2)CCN(C=CC=O)CC3)c(C2COC2)c2c(N)ncnc21. The Kier molecular flexibility index (Phi) is 4.85. The van der Waals surface area contributed by atoms with Crippen molar-refractivity contribution in [2.24, 2.45) is 12.5 Å². The zero-order chi connectivity index (χ0) is 20.7. The number of hydrogen-bond acceptors (Lipinski definition) is 6. The van der Waals surface area contributed by atoms with Crippen molar-refractivity contribution in [1.82, 2.24) is 19.4 Å². The number of carbonyl (C=O) groups excluding carboxylic acids is 1. The van der Waals surface area contributed by atoms with E-state index in [1.54, 1.807) is 12.4 Å². The Labute approximate surface area is 176 Å². The van der Waals surface area contributed by atoms with E-state index in [-0.39, 0.29) is 0 Å². The molecule has 2 fully saturated rings. The van der Waals surface area contributed by atoms with Crippen LogP contribution in [0, 0.1) is 5.41 Å². The number of aromatic nitrogens is 3. The van der Waals surface area contributed by atoms with Gasteiger partial charge in [-0.05, 0) is 54.7 Å². The van der Waals surface area contributed by atoms with Crippen LogP contribution in [-0.4, -0.2) is 52.0 Å². The fraction of sp³-hybridized carbons (Fsp3) is 0.522. The van der Waals surface area contributed by atoms with E-state index >= 15 is 0 Å². The molecular weight excluding hydrogens is 378 g/mol. The molecule has 2 aliphatic heterocycles.